The third-order valence-electron chi connectivity index (χ3n) is 4.17. The Morgan fingerprint density at radius 3 is 2.47 bits per heavy atom. The average Bonchev–Trinajstić information content (AvgIpc) is 2.33. The molecule has 17 heavy (non-hydrogen) atoms. The van der Waals surface area contributed by atoms with Crippen LogP contribution in [0.2, 0.25) is 0 Å². The van der Waals surface area contributed by atoms with Gasteiger partial charge in [0.05, 0.1) is 5.41 Å². The van der Waals surface area contributed by atoms with Gasteiger partial charge in [0, 0.05) is 6.42 Å². The summed E-state index contributed by atoms with van der Waals surface area (Å²) in [5.74, 6) is 1.28. The molecule has 1 aromatic carbocycles. The van der Waals surface area contributed by atoms with Crippen LogP contribution >= 0.6 is 0 Å². The van der Waals surface area contributed by atoms with Crippen LogP contribution in [0, 0.1) is 12.3 Å². The minimum atomic E-state index is -0.234. The number of ketones is 1. The molecule has 0 aromatic heterocycles. The fraction of sp³-hybridized carbons (Fsp3) is 0.533. The second kappa shape index (κ2) is 4.52. The molecule has 0 spiro atoms. The van der Waals surface area contributed by atoms with E-state index >= 15 is 0 Å². The van der Waals surface area contributed by atoms with Gasteiger partial charge in [-0.3, -0.25) is 4.79 Å². The van der Waals surface area contributed by atoms with Gasteiger partial charge < -0.3 is 4.74 Å². The molecular weight excluding hydrogens is 212 g/mol. The van der Waals surface area contributed by atoms with Crippen molar-refractivity contribution >= 4 is 5.78 Å². The first kappa shape index (κ1) is 12.2. The Balaban J connectivity index is 2.16. The van der Waals surface area contributed by atoms with Crippen molar-refractivity contribution in [1.82, 2.24) is 0 Å². The van der Waals surface area contributed by atoms with Gasteiger partial charge in [0.2, 0.25) is 0 Å². The summed E-state index contributed by atoms with van der Waals surface area (Å²) in [4.78, 5) is 11.8. The molecule has 2 heteroatoms. The fourth-order valence-electron chi connectivity index (χ4n) is 2.71. The van der Waals surface area contributed by atoms with Gasteiger partial charge in [0.25, 0.3) is 0 Å². The van der Waals surface area contributed by atoms with Gasteiger partial charge in [-0.1, -0.05) is 32.0 Å². The monoisotopic (exact) mass is 232 g/mol. The molecule has 2 nitrogen and oxygen atoms in total. The third-order valence-corrected chi connectivity index (χ3v) is 4.17. The standard InChI is InChI=1S/C15H20O2/c1-4-15(5-2)13(16)10-14(15)17-12-9-7-6-8-11(12)3/h6-9,14H,4-5,10H2,1-3H3. The van der Waals surface area contributed by atoms with Crippen LogP contribution in [0.15, 0.2) is 24.3 Å². The minimum Gasteiger partial charge on any atom is -0.489 e. The highest BCUT2D eigenvalue weighted by molar-refractivity contribution is 5.92. The Kier molecular flexibility index (Phi) is 3.23. The molecule has 0 aliphatic heterocycles. The molecule has 1 unspecified atom stereocenters. The largest absolute Gasteiger partial charge is 0.489 e. The molecular formula is C15H20O2. The summed E-state index contributed by atoms with van der Waals surface area (Å²) in [5, 5.41) is 0. The quantitative estimate of drug-likeness (QED) is 0.794. The number of para-hydroxylation sites is 1. The number of ether oxygens (including phenoxy) is 1. The topological polar surface area (TPSA) is 26.3 Å². The lowest BCUT2D eigenvalue weighted by atomic mass is 9.61. The molecule has 0 heterocycles. The number of benzene rings is 1. The summed E-state index contributed by atoms with van der Waals surface area (Å²) in [6.07, 6.45) is 2.37. The van der Waals surface area contributed by atoms with E-state index in [0.29, 0.717) is 12.2 Å². The van der Waals surface area contributed by atoms with Crippen molar-refractivity contribution < 1.29 is 9.53 Å². The van der Waals surface area contributed by atoms with Crippen LogP contribution in [0.25, 0.3) is 0 Å². The molecule has 1 aliphatic carbocycles. The van der Waals surface area contributed by atoms with E-state index in [4.69, 9.17) is 4.74 Å². The van der Waals surface area contributed by atoms with Crippen molar-refractivity contribution in [2.75, 3.05) is 0 Å². The van der Waals surface area contributed by atoms with Crippen LogP contribution in [0.3, 0.4) is 0 Å². The van der Waals surface area contributed by atoms with Crippen molar-refractivity contribution in [2.45, 2.75) is 46.1 Å². The van der Waals surface area contributed by atoms with E-state index in [2.05, 4.69) is 13.8 Å². The number of hydrogen-bond acceptors (Lipinski definition) is 2. The Bertz CT molecular complexity index is 419. The lowest BCUT2D eigenvalue weighted by Crippen LogP contribution is -2.56. The molecule has 0 amide bonds. The molecule has 92 valence electrons. The van der Waals surface area contributed by atoms with Gasteiger partial charge in [-0.05, 0) is 31.4 Å². The normalized spacial score (nSPS) is 22.1. The first-order valence-electron chi connectivity index (χ1n) is 6.39. The summed E-state index contributed by atoms with van der Waals surface area (Å²) < 4.78 is 6.03. The zero-order chi connectivity index (χ0) is 12.5. The molecule has 1 aliphatic rings. The third kappa shape index (κ3) is 1.86. The van der Waals surface area contributed by atoms with Crippen LogP contribution in [-0.4, -0.2) is 11.9 Å². The van der Waals surface area contributed by atoms with Gasteiger partial charge >= 0.3 is 0 Å². The van der Waals surface area contributed by atoms with E-state index < -0.39 is 0 Å². The van der Waals surface area contributed by atoms with Crippen LogP contribution in [-0.2, 0) is 4.79 Å². The average molecular weight is 232 g/mol. The number of hydrogen-bond donors (Lipinski definition) is 0. The van der Waals surface area contributed by atoms with Crippen molar-refractivity contribution in [3.05, 3.63) is 29.8 Å². The number of rotatable bonds is 4. The maximum atomic E-state index is 11.8. The Morgan fingerprint density at radius 1 is 1.29 bits per heavy atom. The summed E-state index contributed by atoms with van der Waals surface area (Å²) >= 11 is 0. The molecule has 1 atom stereocenters. The highest BCUT2D eigenvalue weighted by atomic mass is 16.5. The van der Waals surface area contributed by atoms with E-state index in [9.17, 15) is 4.79 Å². The zero-order valence-corrected chi connectivity index (χ0v) is 10.8. The summed E-state index contributed by atoms with van der Waals surface area (Å²) in [6.45, 7) is 6.19. The molecule has 1 saturated carbocycles. The second-order valence-electron chi connectivity index (χ2n) is 4.86. The van der Waals surface area contributed by atoms with Gasteiger partial charge in [-0.2, -0.15) is 0 Å². The van der Waals surface area contributed by atoms with Crippen LogP contribution in [0.4, 0.5) is 0 Å². The van der Waals surface area contributed by atoms with Crippen molar-refractivity contribution in [3.8, 4) is 5.75 Å². The lowest BCUT2D eigenvalue weighted by molar-refractivity contribution is -0.153. The van der Waals surface area contributed by atoms with Crippen molar-refractivity contribution in [3.63, 3.8) is 0 Å². The van der Waals surface area contributed by atoms with Crippen LogP contribution in [0.5, 0.6) is 5.75 Å². The summed E-state index contributed by atoms with van der Waals surface area (Å²) in [5.41, 5.74) is 0.899. The van der Waals surface area contributed by atoms with Crippen LogP contribution in [0.1, 0.15) is 38.7 Å². The SMILES string of the molecule is CCC1(CC)C(=O)CC1Oc1ccccc1C. The number of carbonyl (C=O) groups is 1. The molecule has 0 saturated heterocycles. The smallest absolute Gasteiger partial charge is 0.146 e. The molecule has 1 fully saturated rings. The molecule has 1 aromatic rings. The van der Waals surface area contributed by atoms with E-state index in [1.807, 2.05) is 31.2 Å². The number of aryl methyl sites for hydroxylation is 1. The van der Waals surface area contributed by atoms with Gasteiger partial charge in [-0.25, -0.2) is 0 Å². The second-order valence-corrected chi connectivity index (χ2v) is 4.86. The minimum absolute atomic E-state index is 0.0612. The number of carbonyl (C=O) groups excluding carboxylic acids is 1. The molecule has 0 N–H and O–H groups in total. The van der Waals surface area contributed by atoms with E-state index in [-0.39, 0.29) is 11.5 Å². The van der Waals surface area contributed by atoms with Gasteiger partial charge in [0.1, 0.15) is 17.6 Å². The zero-order valence-electron chi connectivity index (χ0n) is 10.8. The maximum Gasteiger partial charge on any atom is 0.146 e. The molecule has 0 radical (unpaired) electrons. The maximum absolute atomic E-state index is 11.8. The Morgan fingerprint density at radius 2 is 1.94 bits per heavy atom. The predicted molar refractivity (Wildman–Crippen MR) is 68.2 cm³/mol. The van der Waals surface area contributed by atoms with Gasteiger partial charge in [-0.15, -0.1) is 0 Å². The first-order chi connectivity index (χ1) is 8.14. The Hall–Kier alpha value is -1.31. The van der Waals surface area contributed by atoms with Crippen LogP contribution < -0.4 is 4.74 Å². The fourth-order valence-corrected chi connectivity index (χ4v) is 2.71. The number of Topliss-reactive ketones (excluding diaryl/α,β-unsaturated/α-hetero) is 1. The van der Waals surface area contributed by atoms with Gasteiger partial charge in [0.15, 0.2) is 0 Å². The molecule has 2 rings (SSSR count). The van der Waals surface area contributed by atoms with E-state index in [1.165, 1.54) is 0 Å². The summed E-state index contributed by atoms with van der Waals surface area (Å²) in [6, 6.07) is 7.99. The summed E-state index contributed by atoms with van der Waals surface area (Å²) in [7, 11) is 0. The lowest BCUT2D eigenvalue weighted by Gasteiger charge is -2.46. The van der Waals surface area contributed by atoms with Crippen molar-refractivity contribution in [1.29, 1.82) is 0 Å². The van der Waals surface area contributed by atoms with Crippen molar-refractivity contribution in [2.24, 2.45) is 5.41 Å². The first-order valence-corrected chi connectivity index (χ1v) is 6.39. The van der Waals surface area contributed by atoms with E-state index in [0.717, 1.165) is 24.2 Å². The Labute approximate surface area is 103 Å². The highest BCUT2D eigenvalue weighted by Crippen LogP contribution is 2.45. The highest BCUT2D eigenvalue weighted by Gasteiger charge is 2.53. The molecule has 0 bridgehead atoms. The predicted octanol–water partition coefficient (Wildman–Crippen LogP) is 3.52. The van der Waals surface area contributed by atoms with E-state index in [1.54, 1.807) is 0 Å².